The number of H-pyrrole nitrogens is 1. The lowest BCUT2D eigenvalue weighted by Gasteiger charge is -2.16. The molecule has 0 aromatic carbocycles. The molecular formula is C12H13BN4. The molecule has 2 N–H and O–H groups in total. The summed E-state index contributed by atoms with van der Waals surface area (Å²) in [6, 6.07) is 0. The van der Waals surface area contributed by atoms with Crippen LogP contribution in [0.2, 0.25) is 0 Å². The van der Waals surface area contributed by atoms with Crippen molar-refractivity contribution < 1.29 is 0 Å². The van der Waals surface area contributed by atoms with Gasteiger partial charge >= 0.3 is 0 Å². The molecule has 2 rings (SSSR count). The Morgan fingerprint density at radius 1 is 1.65 bits per heavy atom. The molecule has 0 amide bonds. The van der Waals surface area contributed by atoms with Crippen molar-refractivity contribution in [1.29, 1.82) is 5.41 Å². The number of likely N-dealkylation sites (N-methyl/N-ethyl adjacent to an activating group) is 1. The molecule has 1 aromatic heterocycles. The first-order chi connectivity index (χ1) is 8.15. The first-order valence-electron chi connectivity index (χ1n) is 5.31. The van der Waals surface area contributed by atoms with Crippen LogP contribution in [-0.2, 0) is 0 Å². The van der Waals surface area contributed by atoms with Crippen LogP contribution in [0.1, 0.15) is 11.5 Å². The molecule has 0 fully saturated rings. The number of hydrogen-bond acceptors (Lipinski definition) is 3. The summed E-state index contributed by atoms with van der Waals surface area (Å²) in [5, 5.41) is 7.09. The largest absolute Gasteiger partial charge is 0.376 e. The maximum absolute atomic E-state index is 7.09. The lowest BCUT2D eigenvalue weighted by molar-refractivity contribution is 0.507. The summed E-state index contributed by atoms with van der Waals surface area (Å²) < 4.78 is 0. The zero-order valence-electron chi connectivity index (χ0n) is 9.64. The topological polar surface area (TPSA) is 55.8 Å². The Morgan fingerprint density at radius 3 is 3.18 bits per heavy atom. The van der Waals surface area contributed by atoms with E-state index in [1.165, 1.54) is 6.08 Å². The minimum atomic E-state index is 0.0134. The van der Waals surface area contributed by atoms with Crippen LogP contribution in [0.3, 0.4) is 0 Å². The predicted octanol–water partition coefficient (Wildman–Crippen LogP) is 1.41. The summed E-state index contributed by atoms with van der Waals surface area (Å²) in [5.41, 5.74) is 2.06. The maximum Gasteiger partial charge on any atom is 0.140 e. The van der Waals surface area contributed by atoms with Crippen molar-refractivity contribution in [3.8, 4) is 0 Å². The van der Waals surface area contributed by atoms with Crippen LogP contribution in [0.15, 0.2) is 30.6 Å². The highest BCUT2D eigenvalue weighted by molar-refractivity contribution is 6.62. The molecule has 84 valence electrons. The highest BCUT2D eigenvalue weighted by atomic mass is 15.1. The molecule has 0 saturated carbocycles. The zero-order valence-corrected chi connectivity index (χ0v) is 9.64. The van der Waals surface area contributed by atoms with Crippen LogP contribution in [0, 0.1) is 5.41 Å². The van der Waals surface area contributed by atoms with Gasteiger partial charge in [-0.05, 0) is 17.8 Å². The number of aromatic amines is 1. The first kappa shape index (κ1) is 11.5. The fraction of sp³-hybridized carbons (Fsp3) is 0.167. The van der Waals surface area contributed by atoms with E-state index >= 15 is 0 Å². The summed E-state index contributed by atoms with van der Waals surface area (Å²) in [6.45, 7) is 0.925. The molecule has 0 spiro atoms. The van der Waals surface area contributed by atoms with E-state index in [1.54, 1.807) is 12.3 Å². The number of nitrogens with zero attached hydrogens (tertiary/aromatic N) is 2. The Bertz CT molecular complexity index is 510. The Hall–Kier alpha value is -2.04. The van der Waals surface area contributed by atoms with E-state index in [0.29, 0.717) is 5.82 Å². The van der Waals surface area contributed by atoms with E-state index in [2.05, 4.69) is 33.2 Å². The molecule has 5 heteroatoms. The van der Waals surface area contributed by atoms with E-state index < -0.39 is 0 Å². The smallest absolute Gasteiger partial charge is 0.140 e. The van der Waals surface area contributed by atoms with Gasteiger partial charge in [-0.3, -0.25) is 0 Å². The van der Waals surface area contributed by atoms with E-state index in [1.807, 2.05) is 7.05 Å². The van der Waals surface area contributed by atoms with Crippen LogP contribution in [0.5, 0.6) is 0 Å². The van der Waals surface area contributed by atoms with Gasteiger partial charge in [-0.1, -0.05) is 12.2 Å². The van der Waals surface area contributed by atoms with Gasteiger partial charge in [-0.2, -0.15) is 0 Å². The number of nitrogens with one attached hydrogen (secondary N) is 2. The minimum Gasteiger partial charge on any atom is -0.376 e. The minimum absolute atomic E-state index is 0.0134. The second-order valence-electron chi connectivity index (χ2n) is 3.90. The second kappa shape index (κ2) is 4.87. The third-order valence-corrected chi connectivity index (χ3v) is 2.38. The average Bonchev–Trinajstić information content (AvgIpc) is 2.75. The first-order valence-corrected chi connectivity index (χ1v) is 5.31. The molecule has 0 bridgehead atoms. The van der Waals surface area contributed by atoms with Gasteiger partial charge in [-0.15, -0.1) is 0 Å². The summed E-state index contributed by atoms with van der Waals surface area (Å²) in [5.74, 6) is 0.692. The molecule has 0 aliphatic carbocycles. The molecular weight excluding hydrogens is 211 g/mol. The summed E-state index contributed by atoms with van der Waals surface area (Å²) in [7, 11) is 7.26. The van der Waals surface area contributed by atoms with Crippen LogP contribution >= 0.6 is 0 Å². The fourth-order valence-corrected chi connectivity index (χ4v) is 1.58. The van der Waals surface area contributed by atoms with Gasteiger partial charge < -0.3 is 15.3 Å². The van der Waals surface area contributed by atoms with Gasteiger partial charge in [0.1, 0.15) is 13.7 Å². The van der Waals surface area contributed by atoms with Gasteiger partial charge in [0.05, 0.1) is 11.9 Å². The molecule has 0 atom stereocenters. The third-order valence-electron chi connectivity index (χ3n) is 2.38. The molecule has 1 aliphatic heterocycles. The van der Waals surface area contributed by atoms with Crippen LogP contribution in [0.4, 0.5) is 0 Å². The second-order valence-corrected chi connectivity index (χ2v) is 3.90. The molecule has 2 radical (unpaired) electrons. The summed E-state index contributed by atoms with van der Waals surface area (Å²) in [4.78, 5) is 9.46. The van der Waals surface area contributed by atoms with Crippen LogP contribution in [0.25, 0.3) is 11.6 Å². The van der Waals surface area contributed by atoms with E-state index in [0.717, 1.165) is 17.8 Å². The van der Waals surface area contributed by atoms with Gasteiger partial charge in [0, 0.05) is 25.4 Å². The van der Waals surface area contributed by atoms with E-state index in [9.17, 15) is 0 Å². The van der Waals surface area contributed by atoms with Gasteiger partial charge in [0.25, 0.3) is 0 Å². The van der Waals surface area contributed by atoms with E-state index in [-0.39, 0.29) is 5.61 Å². The molecule has 2 heterocycles. The van der Waals surface area contributed by atoms with Crippen molar-refractivity contribution in [2.24, 2.45) is 0 Å². The summed E-state index contributed by atoms with van der Waals surface area (Å²) >= 11 is 0. The van der Waals surface area contributed by atoms with Crippen molar-refractivity contribution >= 4 is 25.1 Å². The highest BCUT2D eigenvalue weighted by Gasteiger charge is 2.06. The molecule has 1 aliphatic rings. The normalized spacial score (nSPS) is 15.4. The number of imidazole rings is 1. The van der Waals surface area contributed by atoms with Gasteiger partial charge in [-0.25, -0.2) is 4.98 Å². The van der Waals surface area contributed by atoms with E-state index in [4.69, 9.17) is 13.3 Å². The van der Waals surface area contributed by atoms with Gasteiger partial charge in [0.2, 0.25) is 0 Å². The molecule has 4 nitrogen and oxygen atoms in total. The van der Waals surface area contributed by atoms with Crippen molar-refractivity contribution in [3.63, 3.8) is 0 Å². The number of allylic oxidation sites excluding steroid dienone is 3. The Balaban J connectivity index is 2.18. The number of aromatic nitrogens is 2. The maximum atomic E-state index is 7.09. The molecule has 0 unspecified atom stereocenters. The van der Waals surface area contributed by atoms with Crippen LogP contribution in [-0.4, -0.2) is 41.9 Å². The Labute approximate surface area is 102 Å². The monoisotopic (exact) mass is 224 g/mol. The lowest BCUT2D eigenvalue weighted by Crippen LogP contribution is -2.13. The van der Waals surface area contributed by atoms with Crippen molar-refractivity contribution in [2.45, 2.75) is 0 Å². The quantitative estimate of drug-likeness (QED) is 0.602. The Kier molecular flexibility index (Phi) is 3.28. The predicted molar refractivity (Wildman–Crippen MR) is 70.8 cm³/mol. The lowest BCUT2D eigenvalue weighted by atomic mass is 10.0. The number of rotatable bonds is 3. The van der Waals surface area contributed by atoms with Crippen molar-refractivity contribution in [1.82, 2.24) is 14.9 Å². The zero-order chi connectivity index (χ0) is 12.3. The SMILES string of the molecule is [B]C(=N)/C=C\c1ncc(C2=CN(C)CC=C2)[nH]1. The molecule has 0 saturated heterocycles. The molecule has 1 aromatic rings. The van der Waals surface area contributed by atoms with Crippen LogP contribution < -0.4 is 0 Å². The summed E-state index contributed by atoms with van der Waals surface area (Å²) in [6.07, 6.45) is 11.2. The highest BCUT2D eigenvalue weighted by Crippen LogP contribution is 2.17. The third kappa shape index (κ3) is 2.97. The average molecular weight is 224 g/mol. The van der Waals surface area contributed by atoms with Crippen molar-refractivity contribution in [2.75, 3.05) is 13.6 Å². The van der Waals surface area contributed by atoms with Gasteiger partial charge in [0.15, 0.2) is 0 Å². The standard InChI is InChI=1S/C12H13BN4/c1-17-6-2-3-9(8-17)10-7-15-12(16-10)5-4-11(13)14/h2-5,7-8,14H,6H2,1H3,(H,15,16)/b5-4-,14-11?. The van der Waals surface area contributed by atoms with Crippen molar-refractivity contribution in [3.05, 3.63) is 42.1 Å². The molecule has 17 heavy (non-hydrogen) atoms. The Morgan fingerprint density at radius 2 is 2.47 bits per heavy atom. The number of hydrogen-bond donors (Lipinski definition) is 2. The fourth-order valence-electron chi connectivity index (χ4n) is 1.58.